The monoisotopic (exact) mass is 730 g/mol. The number of carbonyl (C=O) groups is 4. The first-order valence-electron chi connectivity index (χ1n) is 20.0. The Kier molecular flexibility index (Phi) is 10.4. The first-order valence-corrected chi connectivity index (χ1v) is 20.0. The summed E-state index contributed by atoms with van der Waals surface area (Å²) in [5, 5.41) is 0. The predicted octanol–water partition coefficient (Wildman–Crippen LogP) is 9.68. The van der Waals surface area contributed by atoms with E-state index < -0.39 is 17.9 Å². The largest absolute Gasteiger partial charge is 0.465 e. The summed E-state index contributed by atoms with van der Waals surface area (Å²) in [6.45, 7) is 23.8. The third kappa shape index (κ3) is 6.68. The lowest BCUT2D eigenvalue weighted by molar-refractivity contribution is -0.251. The molecule has 1 aromatic carbocycles. The van der Waals surface area contributed by atoms with Crippen molar-refractivity contribution in [1.82, 2.24) is 0 Å². The van der Waals surface area contributed by atoms with Gasteiger partial charge in [-0.2, -0.15) is 0 Å². The summed E-state index contributed by atoms with van der Waals surface area (Å²) in [4.78, 5) is 48.6. The maximum absolute atomic E-state index is 13.3. The van der Waals surface area contributed by atoms with Crippen LogP contribution in [0.25, 0.3) is 6.08 Å². The van der Waals surface area contributed by atoms with Crippen LogP contribution in [0.15, 0.2) is 36.4 Å². The van der Waals surface area contributed by atoms with Gasteiger partial charge in [-0.05, 0) is 141 Å². The van der Waals surface area contributed by atoms with E-state index in [9.17, 15) is 19.2 Å². The SMILES string of the molecule is C=C(C)[C@H]1CC[C@]2(COC(C)=O)CC[C@@]3(C)[C@@H](CC[C@@H]4[C@@]5(C)CC[C@H](OC(=O)C=Cc6ccc(OC(C)=O)c(OC(C)=O)c6)C(C)(C)[C@H]5CC[C@]43C)[C@H]12. The van der Waals surface area contributed by atoms with Crippen molar-refractivity contribution in [3.05, 3.63) is 42.0 Å². The molecule has 1 aromatic rings. The Hall–Kier alpha value is -3.42. The van der Waals surface area contributed by atoms with E-state index in [1.54, 1.807) is 31.2 Å². The van der Waals surface area contributed by atoms with Crippen molar-refractivity contribution in [3.8, 4) is 11.5 Å². The second-order valence-electron chi connectivity index (χ2n) is 18.8. The van der Waals surface area contributed by atoms with Crippen molar-refractivity contribution in [1.29, 1.82) is 0 Å². The van der Waals surface area contributed by atoms with Crippen LogP contribution < -0.4 is 9.47 Å². The number of benzene rings is 1. The van der Waals surface area contributed by atoms with Crippen LogP contribution in [0.3, 0.4) is 0 Å². The van der Waals surface area contributed by atoms with E-state index >= 15 is 0 Å². The van der Waals surface area contributed by atoms with Gasteiger partial charge in [0.15, 0.2) is 11.5 Å². The zero-order valence-corrected chi connectivity index (χ0v) is 33.6. The first kappa shape index (κ1) is 39.3. The number of fused-ring (bicyclic) bond motifs is 7. The Bertz CT molecular complexity index is 1690. The van der Waals surface area contributed by atoms with E-state index in [-0.39, 0.29) is 50.6 Å². The average Bonchev–Trinajstić information content (AvgIpc) is 3.45. The Morgan fingerprint density at radius 3 is 2.11 bits per heavy atom. The zero-order chi connectivity index (χ0) is 38.7. The fraction of sp³-hybridized carbons (Fsp3) is 0.689. The highest BCUT2D eigenvalue weighted by Crippen LogP contribution is 2.77. The fourth-order valence-corrected chi connectivity index (χ4v) is 13.4. The molecule has 53 heavy (non-hydrogen) atoms. The van der Waals surface area contributed by atoms with E-state index in [2.05, 4.69) is 48.1 Å². The number of ether oxygens (including phenoxy) is 4. The van der Waals surface area contributed by atoms with E-state index in [1.165, 1.54) is 51.2 Å². The maximum atomic E-state index is 13.3. The van der Waals surface area contributed by atoms with Crippen molar-refractivity contribution in [2.45, 2.75) is 133 Å². The number of rotatable bonds is 8. The molecule has 290 valence electrons. The minimum absolute atomic E-state index is 0.0557. The molecule has 0 aromatic heterocycles. The molecule has 6 rings (SSSR count). The van der Waals surface area contributed by atoms with Gasteiger partial charge in [-0.25, -0.2) is 4.79 Å². The molecular weight excluding hydrogens is 668 g/mol. The second-order valence-corrected chi connectivity index (χ2v) is 18.8. The summed E-state index contributed by atoms with van der Waals surface area (Å²) >= 11 is 0. The van der Waals surface area contributed by atoms with Crippen molar-refractivity contribution < 1.29 is 38.1 Å². The summed E-state index contributed by atoms with van der Waals surface area (Å²) in [5.41, 5.74) is 2.27. The molecule has 0 radical (unpaired) electrons. The highest BCUT2D eigenvalue weighted by Gasteiger charge is 2.71. The number of allylic oxidation sites excluding steroid dienone is 1. The van der Waals surface area contributed by atoms with Crippen LogP contribution in [-0.4, -0.2) is 36.6 Å². The average molecular weight is 731 g/mol. The highest BCUT2D eigenvalue weighted by molar-refractivity contribution is 5.87. The van der Waals surface area contributed by atoms with Gasteiger partial charge < -0.3 is 18.9 Å². The van der Waals surface area contributed by atoms with Crippen LogP contribution >= 0.6 is 0 Å². The third-order valence-electron chi connectivity index (χ3n) is 15.9. The van der Waals surface area contributed by atoms with Gasteiger partial charge in [-0.3, -0.25) is 14.4 Å². The van der Waals surface area contributed by atoms with Crippen LogP contribution in [0.5, 0.6) is 11.5 Å². The van der Waals surface area contributed by atoms with Crippen LogP contribution in [-0.2, 0) is 28.7 Å². The molecular formula is C45H62O8. The molecule has 0 heterocycles. The molecule has 5 saturated carbocycles. The summed E-state index contributed by atoms with van der Waals surface area (Å²) in [6, 6.07) is 4.79. The molecule has 8 heteroatoms. The maximum Gasteiger partial charge on any atom is 0.331 e. The van der Waals surface area contributed by atoms with Gasteiger partial charge in [0.25, 0.3) is 0 Å². The Morgan fingerprint density at radius 1 is 0.755 bits per heavy atom. The summed E-state index contributed by atoms with van der Waals surface area (Å²) in [5.74, 6) is 1.17. The van der Waals surface area contributed by atoms with Crippen molar-refractivity contribution in [2.24, 2.45) is 56.7 Å². The Labute approximate surface area is 316 Å². The topological polar surface area (TPSA) is 105 Å². The minimum atomic E-state index is -0.544. The summed E-state index contributed by atoms with van der Waals surface area (Å²) in [7, 11) is 0. The minimum Gasteiger partial charge on any atom is -0.465 e. The number of carbonyl (C=O) groups excluding carboxylic acids is 4. The quantitative estimate of drug-likeness (QED) is 0.113. The lowest BCUT2D eigenvalue weighted by atomic mass is 9.32. The van der Waals surface area contributed by atoms with Gasteiger partial charge in [-0.1, -0.05) is 52.8 Å². The van der Waals surface area contributed by atoms with Crippen molar-refractivity contribution in [2.75, 3.05) is 6.61 Å². The number of esters is 4. The molecule has 5 aliphatic carbocycles. The van der Waals surface area contributed by atoms with Crippen LogP contribution in [0.4, 0.5) is 0 Å². The van der Waals surface area contributed by atoms with Crippen LogP contribution in [0.2, 0.25) is 0 Å². The second kappa shape index (κ2) is 14.0. The summed E-state index contributed by atoms with van der Waals surface area (Å²) in [6.07, 6.45) is 14.0. The molecule has 0 N–H and O–H groups in total. The molecule has 8 nitrogen and oxygen atoms in total. The van der Waals surface area contributed by atoms with Gasteiger partial charge in [0.2, 0.25) is 0 Å². The van der Waals surface area contributed by atoms with E-state index in [4.69, 9.17) is 18.9 Å². The first-order chi connectivity index (χ1) is 24.8. The molecule has 0 spiro atoms. The van der Waals surface area contributed by atoms with E-state index in [0.29, 0.717) is 41.8 Å². The van der Waals surface area contributed by atoms with E-state index in [0.717, 1.165) is 38.5 Å². The van der Waals surface area contributed by atoms with E-state index in [1.807, 2.05) is 0 Å². The van der Waals surface area contributed by atoms with Gasteiger partial charge in [0.05, 0.1) is 6.61 Å². The van der Waals surface area contributed by atoms with Crippen molar-refractivity contribution in [3.63, 3.8) is 0 Å². The molecule has 0 amide bonds. The number of hydrogen-bond acceptors (Lipinski definition) is 8. The lowest BCUT2D eigenvalue weighted by Crippen LogP contribution is -2.67. The smallest absolute Gasteiger partial charge is 0.331 e. The van der Waals surface area contributed by atoms with Gasteiger partial charge in [0, 0.05) is 37.7 Å². The molecule has 0 saturated heterocycles. The van der Waals surface area contributed by atoms with Gasteiger partial charge in [0.1, 0.15) is 6.10 Å². The molecule has 10 atom stereocenters. The van der Waals surface area contributed by atoms with Gasteiger partial charge in [-0.15, -0.1) is 0 Å². The fourth-order valence-electron chi connectivity index (χ4n) is 13.4. The predicted molar refractivity (Wildman–Crippen MR) is 204 cm³/mol. The molecule has 5 fully saturated rings. The zero-order valence-electron chi connectivity index (χ0n) is 33.6. The van der Waals surface area contributed by atoms with Crippen LogP contribution in [0.1, 0.15) is 132 Å². The van der Waals surface area contributed by atoms with Crippen molar-refractivity contribution >= 4 is 30.0 Å². The third-order valence-corrected chi connectivity index (χ3v) is 15.9. The summed E-state index contributed by atoms with van der Waals surface area (Å²) < 4.78 is 22.5. The lowest BCUT2D eigenvalue weighted by Gasteiger charge is -2.73. The van der Waals surface area contributed by atoms with Crippen LogP contribution in [0, 0.1) is 56.7 Å². The number of hydrogen-bond donors (Lipinski definition) is 0. The molecule has 0 unspecified atom stereocenters. The molecule has 0 aliphatic heterocycles. The Balaban J connectivity index is 1.19. The normalized spacial score (nSPS) is 38.4. The van der Waals surface area contributed by atoms with Gasteiger partial charge >= 0.3 is 23.9 Å². The highest BCUT2D eigenvalue weighted by atomic mass is 16.6. The Morgan fingerprint density at radius 2 is 1.45 bits per heavy atom. The standard InChI is InChI=1S/C45H62O8/c1-27(2)32-17-22-45(26-50-28(3)46)24-23-43(9)33(40(32)45)13-15-37-42(8)20-19-38(41(6,7)36(42)18-21-44(37,43)10)53-39(49)16-12-31-11-14-34(51-29(4)47)35(25-31)52-30(5)48/h11-12,14,16,25,32-33,36-38,40H,1,13,15,17-24,26H2,2-10H3/t32-,33+,36-,37-,38+,40+,42+,43+,44-,45-/m1/s1. The molecule has 5 aliphatic rings. The molecule has 0 bridgehead atoms.